The molecule has 0 saturated heterocycles. The standard InChI is InChI=1S/C38H37ClN2O5S/c1-27-21-34(23-35(38(40)43)37(27)46-26-30-11-6-3-7-12-30)47(44,45)33-17-15-28(16-18-33)19-20-41(24-29-9-4-2-5-10-29)25-36(42)31-13-8-14-32(39)22-31/h2-18,21-23,36,42H,19-20,24-26H2,1H3,(H2,40,43)/t36-/m1/s1. The van der Waals surface area contributed by atoms with Crippen LogP contribution in [-0.4, -0.2) is 37.4 Å². The predicted molar refractivity (Wildman–Crippen MR) is 184 cm³/mol. The summed E-state index contributed by atoms with van der Waals surface area (Å²) in [6, 6.07) is 36.2. The van der Waals surface area contributed by atoms with Gasteiger partial charge in [0.05, 0.1) is 21.5 Å². The third kappa shape index (κ3) is 8.87. The van der Waals surface area contributed by atoms with E-state index in [-0.39, 0.29) is 27.7 Å². The van der Waals surface area contributed by atoms with E-state index in [9.17, 15) is 18.3 Å². The zero-order valence-electron chi connectivity index (χ0n) is 26.1. The number of aliphatic hydroxyl groups is 1. The van der Waals surface area contributed by atoms with E-state index < -0.39 is 21.8 Å². The molecule has 3 N–H and O–H groups in total. The topological polar surface area (TPSA) is 110 Å². The number of rotatable bonds is 14. The normalized spacial score (nSPS) is 12.2. The second-order valence-corrected chi connectivity index (χ2v) is 13.8. The van der Waals surface area contributed by atoms with Crippen LogP contribution < -0.4 is 10.5 Å². The van der Waals surface area contributed by atoms with E-state index in [1.54, 1.807) is 43.3 Å². The van der Waals surface area contributed by atoms with Gasteiger partial charge in [-0.25, -0.2) is 8.42 Å². The number of halogens is 1. The van der Waals surface area contributed by atoms with Crippen molar-refractivity contribution in [3.8, 4) is 5.75 Å². The van der Waals surface area contributed by atoms with Crippen LogP contribution >= 0.6 is 11.6 Å². The van der Waals surface area contributed by atoms with E-state index in [0.29, 0.717) is 36.6 Å². The summed E-state index contributed by atoms with van der Waals surface area (Å²) >= 11 is 6.16. The predicted octanol–water partition coefficient (Wildman–Crippen LogP) is 6.94. The van der Waals surface area contributed by atoms with Crippen molar-refractivity contribution in [1.29, 1.82) is 0 Å². The summed E-state index contributed by atoms with van der Waals surface area (Å²) in [7, 11) is -3.96. The van der Waals surface area contributed by atoms with E-state index in [1.165, 1.54) is 12.1 Å². The molecule has 5 rings (SSSR count). The average Bonchev–Trinajstić information content (AvgIpc) is 3.07. The summed E-state index contributed by atoms with van der Waals surface area (Å²) < 4.78 is 33.3. The van der Waals surface area contributed by atoms with Crippen molar-refractivity contribution in [2.75, 3.05) is 13.1 Å². The molecule has 0 saturated carbocycles. The SMILES string of the molecule is Cc1cc(S(=O)(=O)c2ccc(CCN(Cc3ccccc3)C[C@@H](O)c3cccc(Cl)c3)cc2)cc(C(N)=O)c1OCc1ccccc1. The first-order chi connectivity index (χ1) is 22.6. The molecular weight excluding hydrogens is 632 g/mol. The maximum Gasteiger partial charge on any atom is 0.252 e. The minimum Gasteiger partial charge on any atom is -0.488 e. The number of carbonyl (C=O) groups is 1. The van der Waals surface area contributed by atoms with Crippen molar-refractivity contribution in [2.45, 2.75) is 42.4 Å². The Balaban J connectivity index is 1.30. The van der Waals surface area contributed by atoms with Gasteiger partial charge < -0.3 is 15.6 Å². The van der Waals surface area contributed by atoms with Gasteiger partial charge in [-0.3, -0.25) is 9.69 Å². The smallest absolute Gasteiger partial charge is 0.252 e. The van der Waals surface area contributed by atoms with Gasteiger partial charge in [0.15, 0.2) is 0 Å². The lowest BCUT2D eigenvalue weighted by molar-refractivity contribution is 0.0995. The van der Waals surface area contributed by atoms with Crippen LogP contribution in [0.4, 0.5) is 0 Å². The summed E-state index contributed by atoms with van der Waals surface area (Å²) in [4.78, 5) is 14.6. The number of hydrogen-bond acceptors (Lipinski definition) is 6. The number of primary amides is 1. The molecule has 0 aliphatic rings. The van der Waals surface area contributed by atoms with Gasteiger partial charge in [-0.2, -0.15) is 0 Å². The van der Waals surface area contributed by atoms with Crippen LogP contribution in [0.25, 0.3) is 0 Å². The van der Waals surface area contributed by atoms with Crippen molar-refractivity contribution >= 4 is 27.3 Å². The summed E-state index contributed by atoms with van der Waals surface area (Å²) in [6.07, 6.45) is -0.0952. The molecule has 0 heterocycles. The zero-order valence-corrected chi connectivity index (χ0v) is 27.6. The number of hydrogen-bond donors (Lipinski definition) is 2. The molecule has 1 amide bonds. The molecule has 0 spiro atoms. The van der Waals surface area contributed by atoms with Gasteiger partial charge in [0.1, 0.15) is 12.4 Å². The summed E-state index contributed by atoms with van der Waals surface area (Å²) in [5.41, 5.74) is 9.87. The van der Waals surface area contributed by atoms with E-state index in [2.05, 4.69) is 4.90 Å². The van der Waals surface area contributed by atoms with Crippen LogP contribution in [0.15, 0.2) is 131 Å². The molecule has 0 bridgehead atoms. The Kier molecular flexibility index (Phi) is 11.1. The van der Waals surface area contributed by atoms with E-state index >= 15 is 0 Å². The van der Waals surface area contributed by atoms with Gasteiger partial charge in [-0.1, -0.05) is 96.5 Å². The van der Waals surface area contributed by atoms with Crippen LogP contribution in [0.1, 0.15) is 44.3 Å². The molecule has 5 aromatic carbocycles. The molecule has 0 unspecified atom stereocenters. The summed E-state index contributed by atoms with van der Waals surface area (Å²) in [5, 5.41) is 11.6. The van der Waals surface area contributed by atoms with Crippen LogP contribution in [0.5, 0.6) is 5.75 Å². The van der Waals surface area contributed by atoms with Crippen LogP contribution in [0, 0.1) is 6.92 Å². The molecule has 0 aliphatic carbocycles. The van der Waals surface area contributed by atoms with E-state index in [1.807, 2.05) is 72.8 Å². The maximum atomic E-state index is 13.7. The van der Waals surface area contributed by atoms with Crippen molar-refractivity contribution < 1.29 is 23.1 Å². The van der Waals surface area contributed by atoms with Gasteiger partial charge in [0.25, 0.3) is 5.91 Å². The Morgan fingerprint density at radius 1 is 0.830 bits per heavy atom. The monoisotopic (exact) mass is 668 g/mol. The molecule has 0 fully saturated rings. The quantitative estimate of drug-likeness (QED) is 0.133. The first kappa shape index (κ1) is 33.9. The number of benzene rings is 5. The first-order valence-corrected chi connectivity index (χ1v) is 17.1. The highest BCUT2D eigenvalue weighted by molar-refractivity contribution is 7.91. The van der Waals surface area contributed by atoms with Crippen molar-refractivity contribution in [2.24, 2.45) is 5.73 Å². The molecule has 0 aliphatic heterocycles. The number of amides is 1. The van der Waals surface area contributed by atoms with Crippen LogP contribution in [-0.2, 0) is 29.4 Å². The maximum absolute atomic E-state index is 13.7. The number of carbonyl (C=O) groups excluding carboxylic acids is 1. The van der Waals surface area contributed by atoms with Crippen molar-refractivity contribution in [3.63, 3.8) is 0 Å². The lowest BCUT2D eigenvalue weighted by atomic mass is 10.1. The highest BCUT2D eigenvalue weighted by Gasteiger charge is 2.23. The fourth-order valence-electron chi connectivity index (χ4n) is 5.40. The summed E-state index contributed by atoms with van der Waals surface area (Å²) in [6.45, 7) is 3.56. The van der Waals surface area contributed by atoms with E-state index in [4.69, 9.17) is 22.1 Å². The first-order valence-electron chi connectivity index (χ1n) is 15.2. The molecule has 7 nitrogen and oxygen atoms in total. The number of sulfone groups is 1. The zero-order chi connectivity index (χ0) is 33.4. The number of ether oxygens (including phenoxy) is 1. The largest absolute Gasteiger partial charge is 0.488 e. The summed E-state index contributed by atoms with van der Waals surface area (Å²) in [5.74, 6) is -0.514. The Morgan fingerprint density at radius 2 is 1.49 bits per heavy atom. The number of nitrogens with zero attached hydrogens (tertiary/aromatic N) is 1. The third-order valence-corrected chi connectivity index (χ3v) is 9.90. The van der Waals surface area contributed by atoms with Crippen LogP contribution in [0.3, 0.4) is 0 Å². The second kappa shape index (κ2) is 15.4. The molecule has 47 heavy (non-hydrogen) atoms. The van der Waals surface area contributed by atoms with Crippen molar-refractivity contribution in [1.82, 2.24) is 4.90 Å². The van der Waals surface area contributed by atoms with Gasteiger partial charge in [0, 0.05) is 24.7 Å². The van der Waals surface area contributed by atoms with Crippen LogP contribution in [0.2, 0.25) is 5.02 Å². The molecule has 0 radical (unpaired) electrons. The Bertz CT molecular complexity index is 1920. The lowest BCUT2D eigenvalue weighted by Crippen LogP contribution is -2.30. The molecule has 9 heteroatoms. The number of nitrogens with two attached hydrogens (primary N) is 1. The fourth-order valence-corrected chi connectivity index (χ4v) is 6.97. The highest BCUT2D eigenvalue weighted by atomic mass is 35.5. The van der Waals surface area contributed by atoms with Gasteiger partial charge >= 0.3 is 0 Å². The highest BCUT2D eigenvalue weighted by Crippen LogP contribution is 2.31. The fraction of sp³-hybridized carbons (Fsp3) is 0.184. The van der Waals surface area contributed by atoms with Gasteiger partial charge in [-0.15, -0.1) is 0 Å². The Hall–Kier alpha value is -4.47. The minimum absolute atomic E-state index is 0.00888. The lowest BCUT2D eigenvalue weighted by Gasteiger charge is -2.25. The average molecular weight is 669 g/mol. The molecule has 5 aromatic rings. The molecule has 1 atom stereocenters. The van der Waals surface area contributed by atoms with E-state index in [0.717, 1.165) is 22.3 Å². The number of aliphatic hydroxyl groups excluding tert-OH is 1. The second-order valence-electron chi connectivity index (χ2n) is 11.4. The van der Waals surface area contributed by atoms with Gasteiger partial charge in [-0.05, 0) is 77.6 Å². The molecule has 0 aromatic heterocycles. The van der Waals surface area contributed by atoms with Crippen molar-refractivity contribution in [3.05, 3.63) is 160 Å². The Morgan fingerprint density at radius 3 is 2.13 bits per heavy atom. The number of aryl methyl sites for hydroxylation is 1. The Labute approximate surface area is 281 Å². The molecular formula is C38H37ClN2O5S. The minimum atomic E-state index is -3.96. The third-order valence-electron chi connectivity index (χ3n) is 7.91. The van der Waals surface area contributed by atoms with Gasteiger partial charge in [0.2, 0.25) is 9.84 Å². The molecule has 242 valence electrons.